The largest absolute Gasteiger partial charge is 0.506 e. The highest BCUT2D eigenvalue weighted by Gasteiger charge is 2.16. The van der Waals surface area contributed by atoms with Gasteiger partial charge in [0.05, 0.1) is 21.9 Å². The molecule has 0 atom stereocenters. The van der Waals surface area contributed by atoms with Crippen molar-refractivity contribution >= 4 is 27.2 Å². The molecular weight excluding hydrogens is 354 g/mol. The lowest BCUT2D eigenvalue weighted by Gasteiger charge is -2.19. The smallest absolute Gasteiger partial charge is 0.257 e. The molecule has 0 aliphatic carbocycles. The van der Waals surface area contributed by atoms with E-state index in [-0.39, 0.29) is 22.1 Å². The Morgan fingerprint density at radius 3 is 2.38 bits per heavy atom. The van der Waals surface area contributed by atoms with E-state index >= 15 is 0 Å². The third-order valence-corrected chi connectivity index (χ3v) is 5.79. The fraction of sp³-hybridized carbons (Fsp3) is 0.333. The van der Waals surface area contributed by atoms with Crippen molar-refractivity contribution in [3.63, 3.8) is 0 Å². The summed E-state index contributed by atoms with van der Waals surface area (Å²) in [6.45, 7) is 7.19. The third-order valence-electron chi connectivity index (χ3n) is 4.05. The second-order valence-electron chi connectivity index (χ2n) is 5.61. The van der Waals surface area contributed by atoms with Gasteiger partial charge in [-0.15, -0.1) is 0 Å². The minimum Gasteiger partial charge on any atom is -0.506 e. The summed E-state index contributed by atoms with van der Waals surface area (Å²) < 4.78 is 23.9. The summed E-state index contributed by atoms with van der Waals surface area (Å²) in [5.41, 5.74) is 0.349. The van der Waals surface area contributed by atoms with E-state index in [2.05, 4.69) is 10.3 Å². The van der Waals surface area contributed by atoms with E-state index in [1.54, 1.807) is 12.1 Å². The van der Waals surface area contributed by atoms with Crippen LogP contribution in [0.1, 0.15) is 31.1 Å². The molecule has 7 nitrogen and oxygen atoms in total. The lowest BCUT2D eigenvalue weighted by Crippen LogP contribution is -2.23. The molecule has 0 saturated heterocycles. The van der Waals surface area contributed by atoms with E-state index in [9.17, 15) is 18.3 Å². The molecule has 1 aromatic heterocycles. The Morgan fingerprint density at radius 2 is 1.85 bits per heavy atom. The van der Waals surface area contributed by atoms with E-state index in [1.807, 2.05) is 18.7 Å². The number of anilines is 2. The first-order chi connectivity index (χ1) is 12.3. The number of rotatable bonds is 7. The SMILES string of the molecule is CCN(CC)c1ccc(C(=O)Nc2cc(S(=O)(=O)CC)ccc2O)cn1. The van der Waals surface area contributed by atoms with Crippen LogP contribution in [0.3, 0.4) is 0 Å². The average molecular weight is 377 g/mol. The predicted octanol–water partition coefficient (Wildman–Crippen LogP) is 2.68. The summed E-state index contributed by atoms with van der Waals surface area (Å²) in [4.78, 5) is 18.8. The van der Waals surface area contributed by atoms with E-state index in [0.717, 1.165) is 18.9 Å². The molecule has 0 spiro atoms. The van der Waals surface area contributed by atoms with Gasteiger partial charge in [-0.05, 0) is 44.2 Å². The van der Waals surface area contributed by atoms with Crippen molar-refractivity contribution in [3.05, 3.63) is 42.1 Å². The minimum atomic E-state index is -3.44. The topological polar surface area (TPSA) is 99.6 Å². The van der Waals surface area contributed by atoms with Crippen molar-refractivity contribution in [2.24, 2.45) is 0 Å². The lowest BCUT2D eigenvalue weighted by molar-refractivity contribution is 0.102. The van der Waals surface area contributed by atoms with Crippen LogP contribution in [-0.2, 0) is 9.84 Å². The number of nitrogens with one attached hydrogen (secondary N) is 1. The first-order valence-electron chi connectivity index (χ1n) is 8.40. The van der Waals surface area contributed by atoms with Crippen LogP contribution in [0, 0.1) is 0 Å². The van der Waals surface area contributed by atoms with Crippen LogP contribution in [0.25, 0.3) is 0 Å². The van der Waals surface area contributed by atoms with Crippen molar-refractivity contribution < 1.29 is 18.3 Å². The van der Waals surface area contributed by atoms with Crippen LogP contribution in [0.4, 0.5) is 11.5 Å². The maximum Gasteiger partial charge on any atom is 0.257 e. The van der Waals surface area contributed by atoms with E-state index in [0.29, 0.717) is 5.56 Å². The Kier molecular flexibility index (Phi) is 6.20. The van der Waals surface area contributed by atoms with Crippen LogP contribution in [-0.4, -0.2) is 43.3 Å². The number of phenols is 1. The number of carbonyl (C=O) groups excluding carboxylic acids is 1. The number of hydrogen-bond acceptors (Lipinski definition) is 6. The van der Waals surface area contributed by atoms with Crippen LogP contribution in [0.2, 0.25) is 0 Å². The zero-order valence-electron chi connectivity index (χ0n) is 15.1. The number of sulfone groups is 1. The Hall–Kier alpha value is -2.61. The molecule has 0 aliphatic rings. The molecule has 0 radical (unpaired) electrons. The highest BCUT2D eigenvalue weighted by Crippen LogP contribution is 2.27. The minimum absolute atomic E-state index is 0.0392. The Bertz CT molecular complexity index is 876. The van der Waals surface area contributed by atoms with Gasteiger partial charge in [0.1, 0.15) is 11.6 Å². The number of phenolic OH excluding ortho intramolecular Hbond substituents is 1. The van der Waals surface area contributed by atoms with Gasteiger partial charge in [0, 0.05) is 19.3 Å². The molecule has 1 heterocycles. The number of aromatic nitrogens is 1. The molecule has 2 rings (SSSR count). The normalized spacial score (nSPS) is 11.2. The fourth-order valence-corrected chi connectivity index (χ4v) is 3.33. The Labute approximate surface area is 153 Å². The fourth-order valence-electron chi connectivity index (χ4n) is 2.42. The summed E-state index contributed by atoms with van der Waals surface area (Å²) in [7, 11) is -3.44. The van der Waals surface area contributed by atoms with Gasteiger partial charge in [-0.25, -0.2) is 13.4 Å². The zero-order chi connectivity index (χ0) is 19.3. The molecular formula is C18H23N3O4S. The average Bonchev–Trinajstić information content (AvgIpc) is 2.65. The van der Waals surface area contributed by atoms with Gasteiger partial charge >= 0.3 is 0 Å². The second-order valence-corrected chi connectivity index (χ2v) is 7.89. The number of carbonyl (C=O) groups is 1. The van der Waals surface area contributed by atoms with Crippen LogP contribution in [0.5, 0.6) is 5.75 Å². The number of nitrogens with zero attached hydrogens (tertiary/aromatic N) is 2. The molecule has 1 aromatic carbocycles. The monoisotopic (exact) mass is 377 g/mol. The number of amides is 1. The van der Waals surface area contributed by atoms with Gasteiger partial charge in [0.15, 0.2) is 9.84 Å². The standard InChI is InChI=1S/C18H23N3O4S/c1-4-21(5-2)17-10-7-13(12-19-17)18(23)20-15-11-14(8-9-16(15)22)26(24,25)6-3/h7-12,22H,4-6H2,1-3H3,(H,20,23). The van der Waals surface area contributed by atoms with Crippen LogP contribution >= 0.6 is 0 Å². The number of benzene rings is 1. The molecule has 0 unspecified atom stereocenters. The third kappa shape index (κ3) is 4.32. The van der Waals surface area contributed by atoms with E-state index in [4.69, 9.17) is 0 Å². The Morgan fingerprint density at radius 1 is 1.15 bits per heavy atom. The van der Waals surface area contributed by atoms with Crippen molar-refractivity contribution in [1.82, 2.24) is 4.98 Å². The molecule has 2 aromatic rings. The summed E-state index contributed by atoms with van der Waals surface area (Å²) in [5.74, 6) is 0.0125. The summed E-state index contributed by atoms with van der Waals surface area (Å²) in [6, 6.07) is 7.20. The first kappa shape index (κ1) is 19.7. The highest BCUT2D eigenvalue weighted by atomic mass is 32.2. The molecule has 8 heteroatoms. The predicted molar refractivity (Wildman–Crippen MR) is 102 cm³/mol. The van der Waals surface area contributed by atoms with Gasteiger partial charge in [0.2, 0.25) is 0 Å². The van der Waals surface area contributed by atoms with Crippen LogP contribution < -0.4 is 10.2 Å². The first-order valence-corrected chi connectivity index (χ1v) is 10.1. The van der Waals surface area contributed by atoms with Gasteiger partial charge in [0.25, 0.3) is 5.91 Å². The molecule has 140 valence electrons. The molecule has 0 aliphatic heterocycles. The number of aromatic hydroxyl groups is 1. The molecule has 26 heavy (non-hydrogen) atoms. The summed E-state index contributed by atoms with van der Waals surface area (Å²) in [6.07, 6.45) is 1.45. The van der Waals surface area contributed by atoms with Gasteiger partial charge in [-0.3, -0.25) is 4.79 Å². The van der Waals surface area contributed by atoms with Crippen molar-refractivity contribution in [1.29, 1.82) is 0 Å². The molecule has 2 N–H and O–H groups in total. The molecule has 0 saturated carbocycles. The van der Waals surface area contributed by atoms with Crippen molar-refractivity contribution in [2.45, 2.75) is 25.7 Å². The maximum atomic E-state index is 12.4. The van der Waals surface area contributed by atoms with E-state index in [1.165, 1.54) is 31.3 Å². The molecule has 1 amide bonds. The highest BCUT2D eigenvalue weighted by molar-refractivity contribution is 7.91. The molecule has 0 fully saturated rings. The van der Waals surface area contributed by atoms with Crippen molar-refractivity contribution in [3.8, 4) is 5.75 Å². The lowest BCUT2D eigenvalue weighted by atomic mass is 10.2. The quantitative estimate of drug-likeness (QED) is 0.720. The van der Waals surface area contributed by atoms with Gasteiger partial charge in [-0.2, -0.15) is 0 Å². The zero-order valence-corrected chi connectivity index (χ0v) is 15.9. The molecule has 0 bridgehead atoms. The second kappa shape index (κ2) is 8.18. The van der Waals surface area contributed by atoms with E-state index < -0.39 is 15.7 Å². The number of hydrogen-bond donors (Lipinski definition) is 2. The van der Waals surface area contributed by atoms with Crippen LogP contribution in [0.15, 0.2) is 41.4 Å². The summed E-state index contributed by atoms with van der Waals surface area (Å²) in [5, 5.41) is 12.5. The number of pyridine rings is 1. The maximum absolute atomic E-state index is 12.4. The van der Waals surface area contributed by atoms with Gasteiger partial charge in [-0.1, -0.05) is 6.92 Å². The van der Waals surface area contributed by atoms with Crippen molar-refractivity contribution in [2.75, 3.05) is 29.1 Å². The van der Waals surface area contributed by atoms with Gasteiger partial charge < -0.3 is 15.3 Å². The summed E-state index contributed by atoms with van der Waals surface area (Å²) >= 11 is 0. The Balaban J connectivity index is 2.23.